The molecule has 4 rings (SSSR count). The van der Waals surface area contributed by atoms with Crippen LogP contribution >= 0.6 is 22.6 Å². The van der Waals surface area contributed by atoms with E-state index in [1.807, 2.05) is 22.6 Å². The molecular formula is C29H21F7IN3O3. The highest BCUT2D eigenvalue weighted by Crippen LogP contribution is 2.36. The molecule has 6 nitrogen and oxygen atoms in total. The molecule has 0 aliphatic rings. The number of benzene rings is 3. The molecule has 226 valence electrons. The van der Waals surface area contributed by atoms with Crippen LogP contribution in [-0.4, -0.2) is 29.9 Å². The maximum atomic E-state index is 13.8. The molecule has 1 heterocycles. The number of urea groups is 1. The Balaban J connectivity index is 1.80. The fraction of sp³-hybridized carbons (Fsp3) is 0.172. The molecule has 43 heavy (non-hydrogen) atoms. The van der Waals surface area contributed by atoms with Crippen LogP contribution in [0.5, 0.6) is 11.5 Å². The minimum absolute atomic E-state index is 0.0131. The Hall–Kier alpha value is -4.08. The van der Waals surface area contributed by atoms with Gasteiger partial charge in [0.15, 0.2) is 0 Å². The van der Waals surface area contributed by atoms with Crippen molar-refractivity contribution in [1.82, 2.24) is 10.3 Å². The van der Waals surface area contributed by atoms with Gasteiger partial charge in [-0.1, -0.05) is 48.5 Å². The highest BCUT2D eigenvalue weighted by molar-refractivity contribution is 14.1. The fourth-order valence-electron chi connectivity index (χ4n) is 4.21. The zero-order chi connectivity index (χ0) is 31.3. The van der Waals surface area contributed by atoms with Crippen LogP contribution < -0.4 is 20.1 Å². The molecule has 0 bridgehead atoms. The van der Waals surface area contributed by atoms with Gasteiger partial charge < -0.3 is 20.1 Å². The number of pyridine rings is 1. The molecule has 0 aliphatic carbocycles. The number of aromatic nitrogens is 1. The smallest absolute Gasteiger partial charge is 0.428 e. The number of carbonyl (C=O) groups excluding carboxylic acids is 1. The molecule has 3 aromatic carbocycles. The predicted molar refractivity (Wildman–Crippen MR) is 151 cm³/mol. The number of rotatable bonds is 10. The van der Waals surface area contributed by atoms with E-state index in [-0.39, 0.29) is 23.4 Å². The van der Waals surface area contributed by atoms with Crippen LogP contribution in [0.1, 0.15) is 16.8 Å². The lowest BCUT2D eigenvalue weighted by atomic mass is 9.80. The molecule has 0 saturated heterocycles. The van der Waals surface area contributed by atoms with Crippen molar-refractivity contribution in [2.24, 2.45) is 0 Å². The summed E-state index contributed by atoms with van der Waals surface area (Å²) >= 11 is 2.01. The van der Waals surface area contributed by atoms with Crippen molar-refractivity contribution >= 4 is 34.3 Å². The molecule has 1 aromatic heterocycles. The third kappa shape index (κ3) is 8.49. The van der Waals surface area contributed by atoms with Gasteiger partial charge in [-0.25, -0.2) is 4.79 Å². The number of amides is 2. The number of carbonyl (C=O) groups is 1. The first-order valence-electron chi connectivity index (χ1n) is 12.3. The number of anilines is 1. The summed E-state index contributed by atoms with van der Waals surface area (Å²) in [7, 11) is 0. The van der Waals surface area contributed by atoms with Gasteiger partial charge in [0.2, 0.25) is 0 Å². The van der Waals surface area contributed by atoms with Crippen LogP contribution in [0.4, 0.5) is 41.2 Å². The van der Waals surface area contributed by atoms with E-state index in [9.17, 15) is 35.5 Å². The van der Waals surface area contributed by atoms with Gasteiger partial charge in [-0.2, -0.15) is 17.6 Å². The monoisotopic (exact) mass is 719 g/mol. The van der Waals surface area contributed by atoms with Gasteiger partial charge in [-0.15, -0.1) is 13.2 Å². The molecule has 0 spiro atoms. The van der Waals surface area contributed by atoms with Gasteiger partial charge in [0, 0.05) is 27.9 Å². The lowest BCUT2D eigenvalue weighted by Gasteiger charge is -2.35. The lowest BCUT2D eigenvalue weighted by Crippen LogP contribution is -2.50. The molecule has 2 amide bonds. The molecule has 0 saturated carbocycles. The van der Waals surface area contributed by atoms with E-state index in [1.54, 1.807) is 42.5 Å². The van der Waals surface area contributed by atoms with Crippen LogP contribution in [0, 0.1) is 3.57 Å². The second-order valence-electron chi connectivity index (χ2n) is 9.08. The molecule has 0 unspecified atom stereocenters. The standard InChI is InChI=1S/C29H21F7IN3O3/c30-25(31)28(32,33)42-22-10-4-8-19(14-22)27(16-18-6-2-1-3-7-18,24-13-12-20(37)17-38-24)40-26(41)39-21-9-5-11-23(15-21)43-29(34,35)36/h1-15,17,25H,16H2,(H2,39,40,41)/t27-/m1/s1. The third-order valence-electron chi connectivity index (χ3n) is 5.96. The van der Waals surface area contributed by atoms with E-state index >= 15 is 0 Å². The van der Waals surface area contributed by atoms with Crippen molar-refractivity contribution in [1.29, 1.82) is 0 Å². The summed E-state index contributed by atoms with van der Waals surface area (Å²) in [6.07, 6.45) is -12.4. The zero-order valence-corrected chi connectivity index (χ0v) is 23.9. The summed E-state index contributed by atoms with van der Waals surface area (Å²) in [5.74, 6) is -1.19. The van der Waals surface area contributed by atoms with E-state index in [2.05, 4.69) is 25.1 Å². The van der Waals surface area contributed by atoms with Gasteiger partial charge in [0.05, 0.1) is 5.69 Å². The number of hydrogen-bond donors (Lipinski definition) is 2. The van der Waals surface area contributed by atoms with Crippen molar-refractivity contribution in [2.75, 3.05) is 5.32 Å². The largest absolute Gasteiger partial charge is 0.573 e. The Morgan fingerprint density at radius 2 is 1.51 bits per heavy atom. The average Bonchev–Trinajstić information content (AvgIpc) is 2.92. The normalized spacial score (nSPS) is 13.2. The highest BCUT2D eigenvalue weighted by Gasteiger charge is 2.45. The maximum absolute atomic E-state index is 13.8. The van der Waals surface area contributed by atoms with Crippen molar-refractivity contribution < 1.29 is 45.0 Å². The first kappa shape index (κ1) is 31.8. The second kappa shape index (κ2) is 13.1. The second-order valence-corrected chi connectivity index (χ2v) is 10.3. The van der Waals surface area contributed by atoms with Crippen LogP contribution in [0.15, 0.2) is 97.2 Å². The highest BCUT2D eigenvalue weighted by atomic mass is 127. The Kier molecular flexibility index (Phi) is 9.67. The SMILES string of the molecule is O=C(Nc1cccc(OC(F)(F)F)c1)N[C@](Cc1ccccc1)(c1cccc(OC(F)(F)C(F)F)c1)c1ccc(I)cn1. The third-order valence-corrected chi connectivity index (χ3v) is 6.60. The Labute approximate surface area is 254 Å². The number of halogens is 8. The Morgan fingerprint density at radius 1 is 0.837 bits per heavy atom. The Morgan fingerprint density at radius 3 is 2.14 bits per heavy atom. The molecule has 0 aliphatic heterocycles. The molecule has 14 heteroatoms. The first-order valence-corrected chi connectivity index (χ1v) is 13.4. The minimum atomic E-state index is -4.96. The zero-order valence-electron chi connectivity index (χ0n) is 21.7. The fourth-order valence-corrected chi connectivity index (χ4v) is 4.52. The summed E-state index contributed by atoms with van der Waals surface area (Å²) in [6.45, 7) is 0. The van der Waals surface area contributed by atoms with Gasteiger partial charge in [0.1, 0.15) is 17.0 Å². The summed E-state index contributed by atoms with van der Waals surface area (Å²) < 4.78 is 101. The Bertz CT molecular complexity index is 1540. The topological polar surface area (TPSA) is 72.5 Å². The van der Waals surface area contributed by atoms with Crippen molar-refractivity contribution in [2.45, 2.75) is 30.9 Å². The van der Waals surface area contributed by atoms with E-state index in [0.29, 0.717) is 5.56 Å². The van der Waals surface area contributed by atoms with E-state index < -0.39 is 42.0 Å². The van der Waals surface area contributed by atoms with Crippen molar-refractivity contribution in [3.8, 4) is 11.5 Å². The molecule has 0 radical (unpaired) electrons. The molecule has 4 aromatic rings. The van der Waals surface area contributed by atoms with E-state index in [4.69, 9.17) is 0 Å². The number of hydrogen-bond acceptors (Lipinski definition) is 4. The molecule has 0 fully saturated rings. The van der Waals surface area contributed by atoms with Crippen molar-refractivity contribution in [3.05, 3.63) is 118 Å². The van der Waals surface area contributed by atoms with Gasteiger partial charge in [0.25, 0.3) is 0 Å². The van der Waals surface area contributed by atoms with Gasteiger partial charge >= 0.3 is 24.9 Å². The number of ether oxygens (including phenoxy) is 2. The van der Waals surface area contributed by atoms with Gasteiger partial charge in [-0.3, -0.25) is 4.98 Å². The first-order chi connectivity index (χ1) is 20.3. The summed E-state index contributed by atoms with van der Waals surface area (Å²) in [6, 6.07) is 20.5. The van der Waals surface area contributed by atoms with Crippen molar-refractivity contribution in [3.63, 3.8) is 0 Å². The molecule has 1 atom stereocenters. The van der Waals surface area contributed by atoms with Gasteiger partial charge in [-0.05, 0) is 70.1 Å². The van der Waals surface area contributed by atoms with Crippen LogP contribution in [0.25, 0.3) is 0 Å². The van der Waals surface area contributed by atoms with Crippen LogP contribution in [0.2, 0.25) is 0 Å². The summed E-state index contributed by atoms with van der Waals surface area (Å²) in [4.78, 5) is 17.9. The van der Waals surface area contributed by atoms with E-state index in [1.165, 1.54) is 30.5 Å². The maximum Gasteiger partial charge on any atom is 0.573 e. The average molecular weight is 719 g/mol. The number of nitrogens with zero attached hydrogens (tertiary/aromatic N) is 1. The summed E-state index contributed by atoms with van der Waals surface area (Å²) in [5, 5.41) is 5.24. The molecule has 2 N–H and O–H groups in total. The molecular weight excluding hydrogens is 698 g/mol. The minimum Gasteiger partial charge on any atom is -0.428 e. The number of nitrogens with one attached hydrogen (secondary N) is 2. The quantitative estimate of drug-likeness (QED) is 0.128. The van der Waals surface area contributed by atoms with Crippen LogP contribution in [-0.2, 0) is 12.0 Å². The number of alkyl halides is 7. The van der Waals surface area contributed by atoms with Crippen LogP contribution in [0.3, 0.4) is 0 Å². The predicted octanol–water partition coefficient (Wildman–Crippen LogP) is 8.13. The lowest BCUT2D eigenvalue weighted by molar-refractivity contribution is -0.274. The summed E-state index contributed by atoms with van der Waals surface area (Å²) in [5.41, 5.74) is -0.657. The van der Waals surface area contributed by atoms with E-state index in [0.717, 1.165) is 27.8 Å².